The molecule has 1 aromatic heterocycles. The average Bonchev–Trinajstić information content (AvgIpc) is 3.36. The number of aromatic nitrogens is 4. The zero-order valence-electron chi connectivity index (χ0n) is 17.8. The number of hydrogen-bond donors (Lipinski definition) is 5. The zero-order valence-corrected chi connectivity index (χ0v) is 19.3. The summed E-state index contributed by atoms with van der Waals surface area (Å²) in [6, 6.07) is 5.17. The summed E-state index contributed by atoms with van der Waals surface area (Å²) < 4.78 is -0.369. The molecule has 4 rings (SSSR count). The number of amides is 4. The fraction of sp³-hybridized carbons (Fsp3) is 0.421. The molecule has 0 radical (unpaired) electrons. The Balaban J connectivity index is 1.24. The lowest BCUT2D eigenvalue weighted by molar-refractivity contribution is -0.151. The van der Waals surface area contributed by atoms with E-state index >= 15 is 0 Å². The Morgan fingerprint density at radius 3 is 2.70 bits per heavy atom. The number of fused-ring (bicyclic) bond motifs is 1. The molecule has 0 aliphatic carbocycles. The number of urea groups is 1. The molecule has 174 valence electrons. The number of H-pyrrole nitrogens is 1. The van der Waals surface area contributed by atoms with Gasteiger partial charge in [-0.05, 0) is 31.5 Å². The van der Waals surface area contributed by atoms with Crippen molar-refractivity contribution in [3.05, 3.63) is 40.7 Å². The van der Waals surface area contributed by atoms with Crippen LogP contribution in [0.1, 0.15) is 31.3 Å². The molecule has 4 amide bonds. The van der Waals surface area contributed by atoms with Crippen LogP contribution in [0.2, 0.25) is 5.02 Å². The number of aromatic amines is 1. The monoisotopic (exact) mass is 491 g/mol. The smallest absolute Gasteiger partial charge is 0.320 e. The Labute approximate surface area is 198 Å². The second-order valence-electron chi connectivity index (χ2n) is 8.16. The largest absolute Gasteiger partial charge is 0.340 e. The number of rotatable bonds is 6. The van der Waals surface area contributed by atoms with E-state index in [0.29, 0.717) is 10.8 Å². The first kappa shape index (κ1) is 23.0. The maximum Gasteiger partial charge on any atom is 0.320 e. The van der Waals surface area contributed by atoms with Crippen molar-refractivity contribution in [1.82, 2.24) is 41.5 Å². The van der Waals surface area contributed by atoms with Gasteiger partial charge in [0.2, 0.25) is 11.8 Å². The lowest BCUT2D eigenvalue weighted by atomic mass is 9.95. The minimum absolute atomic E-state index is 0.0304. The highest BCUT2D eigenvalue weighted by Gasteiger charge is 2.63. The summed E-state index contributed by atoms with van der Waals surface area (Å²) in [4.78, 5) is 38.7. The molecule has 0 bridgehead atoms. The maximum atomic E-state index is 12.7. The first-order valence-electron chi connectivity index (χ1n) is 10.0. The second-order valence-corrected chi connectivity index (χ2v) is 10.4. The summed E-state index contributed by atoms with van der Waals surface area (Å²) in [5, 5.41) is 29.7. The third-order valence-corrected chi connectivity index (χ3v) is 7.16. The number of carbonyl (C=O) groups excluding carboxylic acids is 3. The number of carbonyl (C=O) groups is 3. The molecule has 2 unspecified atom stereocenters. The van der Waals surface area contributed by atoms with Gasteiger partial charge in [-0.1, -0.05) is 28.9 Å². The van der Waals surface area contributed by atoms with Gasteiger partial charge in [0.25, 0.3) is 0 Å². The first-order chi connectivity index (χ1) is 15.7. The van der Waals surface area contributed by atoms with E-state index in [4.69, 9.17) is 17.0 Å². The van der Waals surface area contributed by atoms with E-state index in [-0.39, 0.29) is 40.9 Å². The predicted octanol–water partition coefficient (Wildman–Crippen LogP) is 0.592. The molecule has 2 aliphatic rings. The number of amidine groups is 1. The fourth-order valence-corrected chi connectivity index (χ4v) is 5.62. The number of halogens is 1. The van der Waals surface area contributed by atoms with Gasteiger partial charge < -0.3 is 15.5 Å². The van der Waals surface area contributed by atoms with Crippen molar-refractivity contribution in [3.8, 4) is 0 Å². The van der Waals surface area contributed by atoms with Crippen LogP contribution in [0.3, 0.4) is 0 Å². The molecule has 5 N–H and O–H groups in total. The zero-order chi connectivity index (χ0) is 23.8. The summed E-state index contributed by atoms with van der Waals surface area (Å²) in [6.07, 6.45) is 0.208. The van der Waals surface area contributed by atoms with Crippen molar-refractivity contribution in [2.45, 2.75) is 42.5 Å². The molecule has 1 aromatic carbocycles. The van der Waals surface area contributed by atoms with Gasteiger partial charge in [0.05, 0.1) is 6.54 Å². The Morgan fingerprint density at radius 2 is 2.03 bits per heavy atom. The van der Waals surface area contributed by atoms with Crippen molar-refractivity contribution in [1.29, 1.82) is 5.41 Å². The van der Waals surface area contributed by atoms with Crippen LogP contribution in [0.5, 0.6) is 0 Å². The standard InChI is InChI=1S/C19H22ClN9O3S/c1-19(2)14(15-25-27-28-26-15)29-16(31)13(17(29)33-19)24-12(30)8-22-18(32)23-11(21)7-9-3-5-10(20)6-4-9/h3-6,13-14,17H,7-8H2,1-2H3,(H,24,30)(H3,21,22,23,32)(H,25,26,27,28)/t13?,14?,17-/m1/s1. The molecule has 2 saturated heterocycles. The number of hydrogen-bond acceptors (Lipinski definition) is 8. The van der Waals surface area contributed by atoms with Crippen molar-refractivity contribution in [2.75, 3.05) is 6.54 Å². The first-order valence-corrected chi connectivity index (χ1v) is 11.3. The van der Waals surface area contributed by atoms with Crippen LogP contribution in [0.25, 0.3) is 0 Å². The van der Waals surface area contributed by atoms with Gasteiger partial charge in [0, 0.05) is 16.2 Å². The van der Waals surface area contributed by atoms with Crippen LogP contribution in [0.15, 0.2) is 24.3 Å². The van der Waals surface area contributed by atoms with Gasteiger partial charge in [-0.2, -0.15) is 5.21 Å². The second kappa shape index (κ2) is 8.98. The van der Waals surface area contributed by atoms with Crippen LogP contribution >= 0.6 is 23.4 Å². The van der Waals surface area contributed by atoms with Crippen LogP contribution in [0, 0.1) is 5.41 Å². The third kappa shape index (κ3) is 4.78. The number of nitrogens with one attached hydrogen (secondary N) is 5. The predicted molar refractivity (Wildman–Crippen MR) is 121 cm³/mol. The number of thioether (sulfide) groups is 1. The third-order valence-electron chi connectivity index (χ3n) is 5.33. The highest BCUT2D eigenvalue weighted by atomic mass is 35.5. The summed E-state index contributed by atoms with van der Waals surface area (Å²) in [7, 11) is 0. The average molecular weight is 492 g/mol. The highest BCUT2D eigenvalue weighted by molar-refractivity contribution is 8.01. The van der Waals surface area contributed by atoms with Crippen LogP contribution in [0.4, 0.5) is 4.79 Å². The summed E-state index contributed by atoms with van der Waals surface area (Å²) in [5.41, 5.74) is 0.812. The summed E-state index contributed by atoms with van der Waals surface area (Å²) in [5.74, 6) is -0.353. The van der Waals surface area contributed by atoms with Gasteiger partial charge >= 0.3 is 6.03 Å². The Bertz CT molecular complexity index is 1080. The van der Waals surface area contributed by atoms with Gasteiger partial charge in [-0.25, -0.2) is 4.79 Å². The molecule has 3 atom stereocenters. The molecule has 33 heavy (non-hydrogen) atoms. The van der Waals surface area contributed by atoms with Crippen LogP contribution in [-0.4, -0.2) is 71.9 Å². The molecular formula is C19H22ClN9O3S. The molecular weight excluding hydrogens is 470 g/mol. The Hall–Kier alpha value is -3.19. The summed E-state index contributed by atoms with van der Waals surface area (Å²) in [6.45, 7) is 3.63. The van der Waals surface area contributed by atoms with E-state index in [1.807, 2.05) is 13.8 Å². The van der Waals surface area contributed by atoms with Crippen molar-refractivity contribution >= 4 is 47.0 Å². The lowest BCUT2D eigenvalue weighted by Crippen LogP contribution is -2.68. The van der Waals surface area contributed by atoms with Gasteiger partial charge in [-0.15, -0.1) is 22.0 Å². The van der Waals surface area contributed by atoms with E-state index < -0.39 is 18.0 Å². The minimum Gasteiger partial charge on any atom is -0.340 e. The van der Waals surface area contributed by atoms with E-state index in [1.165, 1.54) is 0 Å². The van der Waals surface area contributed by atoms with E-state index in [0.717, 1.165) is 5.56 Å². The van der Waals surface area contributed by atoms with Crippen molar-refractivity contribution in [3.63, 3.8) is 0 Å². The summed E-state index contributed by atoms with van der Waals surface area (Å²) >= 11 is 7.38. The van der Waals surface area contributed by atoms with E-state index in [2.05, 4.69) is 36.6 Å². The molecule has 2 fully saturated rings. The number of benzene rings is 1. The lowest BCUT2D eigenvalue weighted by Gasteiger charge is -2.44. The van der Waals surface area contributed by atoms with Gasteiger partial charge in [-0.3, -0.25) is 20.3 Å². The Morgan fingerprint density at radius 1 is 1.30 bits per heavy atom. The number of β-lactam (4-membered cyclic amide) rings is 1. The maximum absolute atomic E-state index is 12.7. The quantitative estimate of drug-likeness (QED) is 0.224. The van der Waals surface area contributed by atoms with E-state index in [9.17, 15) is 14.4 Å². The molecule has 0 spiro atoms. The molecule has 2 aromatic rings. The molecule has 14 heteroatoms. The Kier molecular flexibility index (Phi) is 6.26. The highest BCUT2D eigenvalue weighted by Crippen LogP contribution is 2.56. The normalized spacial score (nSPS) is 22.8. The minimum atomic E-state index is -0.702. The van der Waals surface area contributed by atoms with Gasteiger partial charge in [0.1, 0.15) is 23.3 Å². The van der Waals surface area contributed by atoms with Crippen molar-refractivity contribution < 1.29 is 14.4 Å². The van der Waals surface area contributed by atoms with E-state index in [1.54, 1.807) is 40.9 Å². The molecule has 0 saturated carbocycles. The molecule has 2 aliphatic heterocycles. The SMILES string of the molecule is CC1(C)S[C@@H]2C(NC(=O)CNC(=O)NC(=N)Cc3ccc(Cl)cc3)C(=O)N2C1c1nn[nH]n1. The van der Waals surface area contributed by atoms with Crippen LogP contribution in [-0.2, 0) is 16.0 Å². The molecule has 3 heterocycles. The topological polar surface area (TPSA) is 169 Å². The van der Waals surface area contributed by atoms with Crippen LogP contribution < -0.4 is 16.0 Å². The molecule has 12 nitrogen and oxygen atoms in total. The fourth-order valence-electron chi connectivity index (χ4n) is 3.87. The van der Waals surface area contributed by atoms with Crippen molar-refractivity contribution in [2.24, 2.45) is 0 Å². The number of nitrogens with zero attached hydrogens (tertiary/aromatic N) is 4. The van der Waals surface area contributed by atoms with Gasteiger partial charge in [0.15, 0.2) is 5.82 Å². The number of tetrazole rings is 1.